The lowest BCUT2D eigenvalue weighted by Gasteiger charge is -2.04. The van der Waals surface area contributed by atoms with Gasteiger partial charge in [-0.1, -0.05) is 48.5 Å². The number of pyridine rings is 2. The Morgan fingerprint density at radius 3 is 2.15 bits per heavy atom. The van der Waals surface area contributed by atoms with Gasteiger partial charge in [-0.05, 0) is 17.7 Å². The van der Waals surface area contributed by atoms with E-state index in [4.69, 9.17) is 5.11 Å². The van der Waals surface area contributed by atoms with E-state index in [9.17, 15) is 0 Å². The summed E-state index contributed by atoms with van der Waals surface area (Å²) in [5, 5.41) is 9.58. The molecule has 0 spiro atoms. The largest absolute Gasteiger partial charge is 1.00 e. The molecule has 0 atom stereocenters. The van der Waals surface area contributed by atoms with Crippen LogP contribution in [0.15, 0.2) is 85.2 Å². The van der Waals surface area contributed by atoms with Crippen molar-refractivity contribution in [3.8, 4) is 11.1 Å². The highest BCUT2D eigenvalue weighted by molar-refractivity contribution is 6.11. The fourth-order valence-corrected chi connectivity index (χ4v) is 3.77. The summed E-state index contributed by atoms with van der Waals surface area (Å²) in [7, 11) is 3.14. The predicted octanol–water partition coefficient (Wildman–Crippen LogP) is 1.35. The number of benzene rings is 2. The zero-order valence-electron chi connectivity index (χ0n) is 15.3. The summed E-state index contributed by atoms with van der Waals surface area (Å²) in [5.74, 6) is 0. The molecule has 5 aromatic rings. The lowest BCUT2D eigenvalue weighted by molar-refractivity contribution is -0.480. The van der Waals surface area contributed by atoms with Gasteiger partial charge in [0.05, 0.1) is 10.9 Å². The van der Waals surface area contributed by atoms with Gasteiger partial charge in [0.2, 0.25) is 11.0 Å². The van der Waals surface area contributed by atoms with E-state index in [-0.39, 0.29) is 24.0 Å². The number of aryl methyl sites for hydroxylation is 1. The lowest BCUT2D eigenvalue weighted by Crippen LogP contribution is -3.00. The SMILES string of the molecule is CO.Cn1cc(-c2ccccc2)c2c1c1ccccc1c1cccc[n+]12.[I-]. The Bertz CT molecular complexity index is 1210. The summed E-state index contributed by atoms with van der Waals surface area (Å²) in [6, 6.07) is 25.7. The molecule has 1 N–H and O–H groups in total. The second-order valence-corrected chi connectivity index (χ2v) is 6.22. The van der Waals surface area contributed by atoms with E-state index in [1.165, 1.54) is 38.4 Å². The molecule has 3 nitrogen and oxygen atoms in total. The Labute approximate surface area is 175 Å². The van der Waals surface area contributed by atoms with Gasteiger partial charge < -0.3 is 33.7 Å². The molecule has 3 aromatic heterocycles. The van der Waals surface area contributed by atoms with Gasteiger partial charge in [0.25, 0.3) is 0 Å². The molecule has 2 aromatic carbocycles. The second-order valence-electron chi connectivity index (χ2n) is 6.22. The van der Waals surface area contributed by atoms with E-state index >= 15 is 0 Å². The molecule has 0 saturated heterocycles. The Balaban J connectivity index is 0.000000680. The monoisotopic (exact) mass is 468 g/mol. The third-order valence-electron chi connectivity index (χ3n) is 4.80. The summed E-state index contributed by atoms with van der Waals surface area (Å²) in [6.07, 6.45) is 4.41. The van der Waals surface area contributed by atoms with Gasteiger partial charge in [0.1, 0.15) is 5.52 Å². The molecule has 0 aliphatic carbocycles. The second kappa shape index (κ2) is 8.06. The van der Waals surface area contributed by atoms with Crippen molar-refractivity contribution in [3.63, 3.8) is 0 Å². The van der Waals surface area contributed by atoms with Crippen LogP contribution in [0.1, 0.15) is 0 Å². The van der Waals surface area contributed by atoms with E-state index in [1.807, 2.05) is 0 Å². The zero-order chi connectivity index (χ0) is 18.1. The van der Waals surface area contributed by atoms with Crippen molar-refractivity contribution < 1.29 is 33.5 Å². The summed E-state index contributed by atoms with van der Waals surface area (Å²) < 4.78 is 4.57. The van der Waals surface area contributed by atoms with Crippen LogP contribution in [0.3, 0.4) is 0 Å². The Kier molecular flexibility index (Phi) is 5.77. The number of halogens is 1. The van der Waals surface area contributed by atoms with Crippen molar-refractivity contribution in [2.45, 2.75) is 0 Å². The van der Waals surface area contributed by atoms with Crippen LogP contribution in [0.25, 0.3) is 38.4 Å². The first-order chi connectivity index (χ1) is 12.8. The average Bonchev–Trinajstić information content (AvgIpc) is 3.08. The molecule has 5 rings (SSSR count). The molecule has 0 fully saturated rings. The molecule has 0 amide bonds. The van der Waals surface area contributed by atoms with Gasteiger partial charge >= 0.3 is 0 Å². The van der Waals surface area contributed by atoms with Gasteiger partial charge in [-0.2, -0.15) is 4.40 Å². The fourth-order valence-electron chi connectivity index (χ4n) is 3.77. The minimum Gasteiger partial charge on any atom is -1.00 e. The van der Waals surface area contributed by atoms with Crippen molar-refractivity contribution >= 4 is 27.3 Å². The van der Waals surface area contributed by atoms with E-state index in [0.29, 0.717) is 0 Å². The minimum atomic E-state index is 0. The number of aliphatic hydroxyl groups excluding tert-OH is 1. The van der Waals surface area contributed by atoms with E-state index < -0.39 is 0 Å². The van der Waals surface area contributed by atoms with Crippen molar-refractivity contribution in [3.05, 3.63) is 85.2 Å². The molecule has 27 heavy (non-hydrogen) atoms. The highest BCUT2D eigenvalue weighted by Gasteiger charge is 2.22. The van der Waals surface area contributed by atoms with E-state index in [1.54, 1.807) is 0 Å². The molecule has 0 saturated carbocycles. The number of aliphatic hydroxyl groups is 1. The van der Waals surface area contributed by atoms with Crippen molar-refractivity contribution in [1.82, 2.24) is 4.57 Å². The topological polar surface area (TPSA) is 29.3 Å². The molecule has 0 unspecified atom stereocenters. The molecular formula is C23H21IN2O. The molecule has 136 valence electrons. The summed E-state index contributed by atoms with van der Waals surface area (Å²) in [6.45, 7) is 0. The van der Waals surface area contributed by atoms with Gasteiger partial charge in [0.15, 0.2) is 6.20 Å². The minimum absolute atomic E-state index is 0. The maximum atomic E-state index is 7.00. The first kappa shape index (κ1) is 19.3. The van der Waals surface area contributed by atoms with E-state index in [0.717, 1.165) is 7.11 Å². The third kappa shape index (κ3) is 3.09. The summed E-state index contributed by atoms with van der Waals surface area (Å²) >= 11 is 0. The van der Waals surface area contributed by atoms with Crippen LogP contribution in [0.5, 0.6) is 0 Å². The Morgan fingerprint density at radius 2 is 1.41 bits per heavy atom. The number of aromatic nitrogens is 2. The molecule has 0 aliphatic heterocycles. The van der Waals surface area contributed by atoms with Crippen LogP contribution in [-0.4, -0.2) is 16.8 Å². The van der Waals surface area contributed by atoms with Gasteiger partial charge in [-0.25, -0.2) is 0 Å². The van der Waals surface area contributed by atoms with Gasteiger partial charge in [-0.15, -0.1) is 0 Å². The molecule has 0 aliphatic rings. The molecule has 0 bridgehead atoms. The predicted molar refractivity (Wildman–Crippen MR) is 107 cm³/mol. The van der Waals surface area contributed by atoms with Crippen molar-refractivity contribution in [1.29, 1.82) is 0 Å². The van der Waals surface area contributed by atoms with Crippen LogP contribution in [0, 0.1) is 0 Å². The summed E-state index contributed by atoms with van der Waals surface area (Å²) in [4.78, 5) is 0. The van der Waals surface area contributed by atoms with Crippen LogP contribution in [0.2, 0.25) is 0 Å². The maximum Gasteiger partial charge on any atom is 0.245 e. The highest BCUT2D eigenvalue weighted by atomic mass is 127. The Morgan fingerprint density at radius 1 is 0.778 bits per heavy atom. The fraction of sp³-hybridized carbons (Fsp3) is 0.0870. The first-order valence-electron chi connectivity index (χ1n) is 8.65. The zero-order valence-corrected chi connectivity index (χ0v) is 17.5. The smallest absolute Gasteiger partial charge is 0.245 e. The van der Waals surface area contributed by atoms with Gasteiger partial charge in [-0.3, -0.25) is 0 Å². The van der Waals surface area contributed by atoms with Gasteiger partial charge in [0, 0.05) is 37.9 Å². The summed E-state index contributed by atoms with van der Waals surface area (Å²) in [5.41, 5.74) is 6.28. The number of hydrogen-bond acceptors (Lipinski definition) is 1. The van der Waals surface area contributed by atoms with Crippen LogP contribution >= 0.6 is 0 Å². The maximum absolute atomic E-state index is 7.00. The Hall–Kier alpha value is -2.44. The highest BCUT2D eigenvalue weighted by Crippen LogP contribution is 2.33. The van der Waals surface area contributed by atoms with Crippen LogP contribution < -0.4 is 28.4 Å². The van der Waals surface area contributed by atoms with Crippen LogP contribution in [0.4, 0.5) is 0 Å². The number of nitrogens with zero attached hydrogens (tertiary/aromatic N) is 2. The normalized spacial score (nSPS) is 10.5. The third-order valence-corrected chi connectivity index (χ3v) is 4.80. The first-order valence-corrected chi connectivity index (χ1v) is 8.65. The number of fused-ring (bicyclic) bond motifs is 6. The number of hydrogen-bond donors (Lipinski definition) is 1. The lowest BCUT2D eigenvalue weighted by atomic mass is 10.0. The molecule has 0 radical (unpaired) electrons. The average molecular weight is 468 g/mol. The molecule has 4 heteroatoms. The van der Waals surface area contributed by atoms with Crippen LogP contribution in [-0.2, 0) is 7.05 Å². The van der Waals surface area contributed by atoms with Crippen molar-refractivity contribution in [2.24, 2.45) is 7.05 Å². The standard InChI is InChI=1S/C22H17N2.CH4O.HI/c1-23-15-19(16-9-3-2-4-10-16)22-21(23)18-12-6-5-11-17(18)20-13-7-8-14-24(20)22;1-2;/h2-15H,1H3;2H,1H3;1H/q+1;;/p-1. The molecule has 3 heterocycles. The molecular weight excluding hydrogens is 447 g/mol. The van der Waals surface area contributed by atoms with Crippen molar-refractivity contribution in [2.75, 3.05) is 7.11 Å². The quantitative estimate of drug-likeness (QED) is 0.225. The number of rotatable bonds is 1. The van der Waals surface area contributed by atoms with E-state index in [2.05, 4.69) is 101 Å².